The van der Waals surface area contributed by atoms with Crippen LogP contribution in [0.5, 0.6) is 0 Å². The molecule has 1 aromatic heterocycles. The van der Waals surface area contributed by atoms with Crippen molar-refractivity contribution in [3.8, 4) is 0 Å². The minimum absolute atomic E-state index is 0.205. The first-order chi connectivity index (χ1) is 16.2. The summed E-state index contributed by atoms with van der Waals surface area (Å²) in [6.07, 6.45) is 10.2. The average molecular weight is 448 g/mol. The Morgan fingerprint density at radius 3 is 2.61 bits per heavy atom. The van der Waals surface area contributed by atoms with Crippen LogP contribution < -0.4 is 0 Å². The molecule has 0 fully saturated rings. The van der Waals surface area contributed by atoms with Crippen LogP contribution in [-0.2, 0) is 24.1 Å². The number of aryl methyl sites for hydroxylation is 3. The quantitative estimate of drug-likeness (QED) is 0.118. The van der Waals surface area contributed by atoms with Crippen LogP contribution in [0.4, 0.5) is 0 Å². The number of fused-ring (bicyclic) bond motifs is 3. The second-order valence-electron chi connectivity index (χ2n) is 9.15. The Morgan fingerprint density at radius 2 is 1.82 bits per heavy atom. The van der Waals surface area contributed by atoms with E-state index in [0.717, 1.165) is 67.2 Å². The molecule has 0 spiro atoms. The third-order valence-corrected chi connectivity index (χ3v) is 6.81. The topological polar surface area (TPSA) is 83.0 Å². The Labute approximate surface area is 195 Å². The predicted molar refractivity (Wildman–Crippen MR) is 130 cm³/mol. The number of hydrogen-bond acceptors (Lipinski definition) is 4. The summed E-state index contributed by atoms with van der Waals surface area (Å²) in [4.78, 5) is 11.9. The van der Waals surface area contributed by atoms with Gasteiger partial charge in [-0.3, -0.25) is 4.79 Å². The van der Waals surface area contributed by atoms with E-state index in [2.05, 4.69) is 17.3 Å². The highest BCUT2D eigenvalue weighted by Gasteiger charge is 2.22. The molecule has 2 aromatic carbocycles. The molecular formula is C28H33NO4. The number of carbonyl (C=O) groups is 1. The molecular weight excluding hydrogens is 414 g/mol. The normalized spacial score (nSPS) is 15.2. The Hall–Kier alpha value is -3.08. The first-order valence-electron chi connectivity index (χ1n) is 12.2. The second kappa shape index (κ2) is 11.2. The number of hydrogen-bond donors (Lipinski definition) is 2. The van der Waals surface area contributed by atoms with Gasteiger partial charge in [0.1, 0.15) is 11.3 Å². The lowest BCUT2D eigenvalue weighted by Gasteiger charge is -2.13. The number of carboxylic acids is 1. The summed E-state index contributed by atoms with van der Waals surface area (Å²) >= 11 is 0. The van der Waals surface area contributed by atoms with Crippen LogP contribution in [0.15, 0.2) is 58.1 Å². The largest absolute Gasteiger partial charge is 0.481 e. The van der Waals surface area contributed by atoms with Crippen LogP contribution in [0.2, 0.25) is 0 Å². The molecule has 0 saturated carbocycles. The molecule has 0 aliphatic heterocycles. The molecule has 5 nitrogen and oxygen atoms in total. The van der Waals surface area contributed by atoms with Gasteiger partial charge in [-0.25, -0.2) is 0 Å². The number of oxime groups is 1. The third-order valence-electron chi connectivity index (χ3n) is 6.81. The van der Waals surface area contributed by atoms with Crippen molar-refractivity contribution in [2.24, 2.45) is 11.1 Å². The van der Waals surface area contributed by atoms with Gasteiger partial charge in [-0.15, -0.1) is 0 Å². The summed E-state index contributed by atoms with van der Waals surface area (Å²) in [5.74, 6) is -0.345. The molecule has 0 radical (unpaired) electrons. The number of aliphatic carboxylic acids is 1. The van der Waals surface area contributed by atoms with E-state index in [9.17, 15) is 15.1 Å². The van der Waals surface area contributed by atoms with Crippen LogP contribution in [0.1, 0.15) is 73.8 Å². The lowest BCUT2D eigenvalue weighted by atomic mass is 9.92. The Morgan fingerprint density at radius 1 is 1.00 bits per heavy atom. The second-order valence-corrected chi connectivity index (χ2v) is 9.15. The summed E-state index contributed by atoms with van der Waals surface area (Å²) in [6.45, 7) is 0. The van der Waals surface area contributed by atoms with E-state index >= 15 is 0 Å². The van der Waals surface area contributed by atoms with Crippen molar-refractivity contribution in [1.29, 1.82) is 0 Å². The summed E-state index contributed by atoms with van der Waals surface area (Å²) < 4.78 is 6.13. The standard InChI is InChI=1S/C28H33NO4/c30-28(31)22(13-7-2-6-12-20-10-4-1-5-11-20)18-25(29-32)21-16-17-24-23-14-8-3-9-15-26(23)33-27(24)19-21/h1,4-5,10-11,16-17,19,22,32H,2-3,6-9,12-15,18H2,(H,30,31)/t22-/m1/s1. The average Bonchev–Trinajstić information content (AvgIpc) is 3.00. The monoisotopic (exact) mass is 447 g/mol. The number of unbranched alkanes of at least 4 members (excludes halogenated alkanes) is 2. The van der Waals surface area contributed by atoms with E-state index in [1.54, 1.807) is 0 Å². The molecule has 33 heavy (non-hydrogen) atoms. The fourth-order valence-corrected chi connectivity index (χ4v) is 4.92. The molecule has 3 aromatic rings. The zero-order valence-electron chi connectivity index (χ0n) is 19.1. The highest BCUT2D eigenvalue weighted by Crippen LogP contribution is 2.32. The molecule has 1 aliphatic rings. The fourth-order valence-electron chi connectivity index (χ4n) is 4.92. The number of furan rings is 1. The van der Waals surface area contributed by atoms with Crippen molar-refractivity contribution in [2.45, 2.75) is 70.6 Å². The molecule has 4 rings (SSSR count). The van der Waals surface area contributed by atoms with Crippen LogP contribution >= 0.6 is 0 Å². The SMILES string of the molecule is O=C(O)[C@H](CCCCCc1ccccc1)CC(=NO)c1ccc2c3c(oc2c1)CCCCC3. The van der Waals surface area contributed by atoms with Crippen molar-refractivity contribution in [2.75, 3.05) is 0 Å². The first-order valence-corrected chi connectivity index (χ1v) is 12.2. The first kappa shape index (κ1) is 23.1. The Bertz CT molecular complexity index is 1100. The predicted octanol–water partition coefficient (Wildman–Crippen LogP) is 6.77. The minimum Gasteiger partial charge on any atom is -0.481 e. The van der Waals surface area contributed by atoms with Gasteiger partial charge in [0.05, 0.1) is 11.6 Å². The molecule has 5 heteroatoms. The zero-order valence-corrected chi connectivity index (χ0v) is 19.1. The van der Waals surface area contributed by atoms with E-state index < -0.39 is 11.9 Å². The van der Waals surface area contributed by atoms with E-state index in [0.29, 0.717) is 12.1 Å². The summed E-state index contributed by atoms with van der Waals surface area (Å²) in [5, 5.41) is 24.0. The third kappa shape index (κ3) is 5.84. The van der Waals surface area contributed by atoms with Crippen LogP contribution in [0.3, 0.4) is 0 Å². The van der Waals surface area contributed by atoms with E-state index in [1.807, 2.05) is 36.4 Å². The molecule has 0 unspecified atom stereocenters. The van der Waals surface area contributed by atoms with Crippen molar-refractivity contribution in [3.63, 3.8) is 0 Å². The molecule has 1 heterocycles. The molecule has 174 valence electrons. The molecule has 0 bridgehead atoms. The smallest absolute Gasteiger partial charge is 0.306 e. The maximum absolute atomic E-state index is 11.9. The number of nitrogens with zero attached hydrogens (tertiary/aromatic N) is 1. The van der Waals surface area contributed by atoms with Crippen LogP contribution in [-0.4, -0.2) is 22.0 Å². The molecule has 0 saturated heterocycles. The summed E-state index contributed by atoms with van der Waals surface area (Å²) in [7, 11) is 0. The van der Waals surface area contributed by atoms with Gasteiger partial charge in [0.25, 0.3) is 0 Å². The van der Waals surface area contributed by atoms with Gasteiger partial charge in [0.15, 0.2) is 0 Å². The lowest BCUT2D eigenvalue weighted by Crippen LogP contribution is -2.19. The van der Waals surface area contributed by atoms with Crippen molar-refractivity contribution < 1.29 is 19.5 Å². The summed E-state index contributed by atoms with van der Waals surface area (Å²) in [5.41, 5.74) is 4.54. The molecule has 2 N–H and O–H groups in total. The number of benzene rings is 2. The highest BCUT2D eigenvalue weighted by atomic mass is 16.4. The van der Waals surface area contributed by atoms with Gasteiger partial charge in [-0.2, -0.15) is 0 Å². The van der Waals surface area contributed by atoms with Gasteiger partial charge in [0, 0.05) is 29.4 Å². The minimum atomic E-state index is -0.843. The molecule has 0 amide bonds. The van der Waals surface area contributed by atoms with Gasteiger partial charge in [-0.1, -0.05) is 66.9 Å². The van der Waals surface area contributed by atoms with Crippen LogP contribution in [0.25, 0.3) is 11.0 Å². The lowest BCUT2D eigenvalue weighted by molar-refractivity contribution is -0.141. The zero-order chi connectivity index (χ0) is 23.0. The van der Waals surface area contributed by atoms with Gasteiger partial charge in [0.2, 0.25) is 0 Å². The van der Waals surface area contributed by atoms with E-state index in [4.69, 9.17) is 4.42 Å². The maximum atomic E-state index is 11.9. The van der Waals surface area contributed by atoms with Gasteiger partial charge >= 0.3 is 5.97 Å². The van der Waals surface area contributed by atoms with E-state index in [1.165, 1.54) is 24.0 Å². The fraction of sp³-hybridized carbons (Fsp3) is 0.429. The van der Waals surface area contributed by atoms with Crippen molar-refractivity contribution in [3.05, 3.63) is 71.0 Å². The van der Waals surface area contributed by atoms with Gasteiger partial charge < -0.3 is 14.7 Å². The number of carboxylic acid groups (broad SMARTS) is 1. The van der Waals surface area contributed by atoms with Crippen molar-refractivity contribution in [1.82, 2.24) is 0 Å². The van der Waals surface area contributed by atoms with Crippen molar-refractivity contribution >= 4 is 22.7 Å². The Balaban J connectivity index is 1.37. The Kier molecular flexibility index (Phi) is 7.82. The number of rotatable bonds is 10. The van der Waals surface area contributed by atoms with Gasteiger partial charge in [-0.05, 0) is 50.2 Å². The highest BCUT2D eigenvalue weighted by molar-refractivity contribution is 6.04. The molecule has 1 aliphatic carbocycles. The maximum Gasteiger partial charge on any atom is 0.306 e. The molecule has 1 atom stereocenters. The van der Waals surface area contributed by atoms with Crippen LogP contribution in [0, 0.1) is 5.92 Å². The summed E-state index contributed by atoms with van der Waals surface area (Å²) in [6, 6.07) is 16.2. The van der Waals surface area contributed by atoms with E-state index in [-0.39, 0.29) is 6.42 Å².